The minimum atomic E-state index is -0.971. The van der Waals surface area contributed by atoms with Crippen LogP contribution in [-0.4, -0.2) is 26.6 Å². The average molecular weight is 260 g/mol. The maximum Gasteiger partial charge on any atom is 0.293 e. The van der Waals surface area contributed by atoms with Crippen LogP contribution >= 0.6 is 0 Å². The third-order valence-electron chi connectivity index (χ3n) is 2.44. The van der Waals surface area contributed by atoms with Gasteiger partial charge in [-0.15, -0.1) is 0 Å². The molecular weight excluding hydrogens is 252 g/mol. The number of benzene rings is 1. The molecule has 0 spiro atoms. The molecule has 8 nitrogen and oxygen atoms in total. The summed E-state index contributed by atoms with van der Waals surface area (Å²) in [4.78, 5) is 39.7. The van der Waals surface area contributed by atoms with E-state index in [-0.39, 0.29) is 17.0 Å². The second-order valence-corrected chi connectivity index (χ2v) is 3.59. The monoisotopic (exact) mass is 260 g/mol. The standard InChI is InChI=1S/C11H8N4O4/c12-10(17)7-3-1-2-6(8(7)15(18)19)9(16)11-13-4-5-14-11/h1-5H,(H2,12,17)(H,13,14). The number of primary amides is 1. The predicted molar refractivity (Wildman–Crippen MR) is 63.6 cm³/mol. The Balaban J connectivity index is 2.64. The van der Waals surface area contributed by atoms with E-state index in [4.69, 9.17) is 5.73 Å². The molecule has 3 N–H and O–H groups in total. The molecule has 0 unspecified atom stereocenters. The van der Waals surface area contributed by atoms with Crippen LogP contribution in [0, 0.1) is 10.1 Å². The van der Waals surface area contributed by atoms with Gasteiger partial charge in [-0.25, -0.2) is 4.98 Å². The number of aromatic nitrogens is 2. The maximum atomic E-state index is 12.1. The highest BCUT2D eigenvalue weighted by atomic mass is 16.6. The number of amides is 1. The minimum absolute atomic E-state index is 0.0512. The predicted octanol–water partition coefficient (Wildman–Crippen LogP) is 0.648. The molecule has 1 heterocycles. The summed E-state index contributed by atoms with van der Waals surface area (Å²) in [5.41, 5.74) is 3.89. The summed E-state index contributed by atoms with van der Waals surface area (Å²) in [6.07, 6.45) is 2.76. The van der Waals surface area contributed by atoms with Crippen LogP contribution in [0.15, 0.2) is 30.6 Å². The van der Waals surface area contributed by atoms with Crippen LogP contribution in [0.2, 0.25) is 0 Å². The molecule has 0 saturated carbocycles. The molecule has 96 valence electrons. The van der Waals surface area contributed by atoms with E-state index in [9.17, 15) is 19.7 Å². The number of carbonyl (C=O) groups is 2. The van der Waals surface area contributed by atoms with Gasteiger partial charge < -0.3 is 10.7 Å². The normalized spacial score (nSPS) is 10.1. The molecule has 0 aliphatic rings. The summed E-state index contributed by atoms with van der Waals surface area (Å²) in [5, 5.41) is 11.0. The number of nitro groups is 1. The zero-order chi connectivity index (χ0) is 14.0. The third kappa shape index (κ3) is 2.18. The van der Waals surface area contributed by atoms with Gasteiger partial charge in [-0.05, 0) is 12.1 Å². The Hall–Kier alpha value is -3.03. The van der Waals surface area contributed by atoms with Crippen molar-refractivity contribution in [1.82, 2.24) is 9.97 Å². The van der Waals surface area contributed by atoms with Gasteiger partial charge in [0.2, 0.25) is 5.78 Å². The summed E-state index contributed by atoms with van der Waals surface area (Å²) in [7, 11) is 0. The highest BCUT2D eigenvalue weighted by molar-refractivity contribution is 6.12. The number of nitrogens with one attached hydrogen (secondary N) is 1. The van der Waals surface area contributed by atoms with E-state index in [1.54, 1.807) is 0 Å². The third-order valence-corrected chi connectivity index (χ3v) is 2.44. The summed E-state index contributed by atoms with van der Waals surface area (Å²) in [6, 6.07) is 3.79. The van der Waals surface area contributed by atoms with Crippen LogP contribution < -0.4 is 5.73 Å². The Morgan fingerprint density at radius 3 is 2.53 bits per heavy atom. The number of rotatable bonds is 4. The lowest BCUT2D eigenvalue weighted by Gasteiger charge is -2.03. The molecule has 0 radical (unpaired) electrons. The van der Waals surface area contributed by atoms with Crippen molar-refractivity contribution in [2.24, 2.45) is 5.73 Å². The molecule has 1 aromatic carbocycles. The Morgan fingerprint density at radius 1 is 1.32 bits per heavy atom. The van der Waals surface area contributed by atoms with E-state index in [0.717, 1.165) is 0 Å². The number of para-hydroxylation sites is 1. The van der Waals surface area contributed by atoms with Crippen LogP contribution in [0.4, 0.5) is 5.69 Å². The van der Waals surface area contributed by atoms with Gasteiger partial charge in [-0.2, -0.15) is 0 Å². The van der Waals surface area contributed by atoms with Gasteiger partial charge in [0.1, 0.15) is 11.1 Å². The Kier molecular flexibility index (Phi) is 3.06. The van der Waals surface area contributed by atoms with Crippen LogP contribution in [-0.2, 0) is 0 Å². The molecule has 2 rings (SSSR count). The van der Waals surface area contributed by atoms with E-state index < -0.39 is 22.3 Å². The number of hydrogen-bond donors (Lipinski definition) is 2. The van der Waals surface area contributed by atoms with Crippen molar-refractivity contribution in [3.8, 4) is 0 Å². The molecule has 0 saturated heterocycles. The molecule has 0 atom stereocenters. The smallest absolute Gasteiger partial charge is 0.293 e. The van der Waals surface area contributed by atoms with Crippen LogP contribution in [0.25, 0.3) is 0 Å². The number of carbonyl (C=O) groups excluding carboxylic acids is 2. The number of ketones is 1. The van der Waals surface area contributed by atoms with Crippen molar-refractivity contribution >= 4 is 17.4 Å². The molecule has 0 aliphatic heterocycles. The number of nitrogens with zero attached hydrogens (tertiary/aromatic N) is 2. The Bertz CT molecular complexity index is 663. The van der Waals surface area contributed by atoms with Crippen molar-refractivity contribution in [3.63, 3.8) is 0 Å². The molecule has 2 aromatic rings. The van der Waals surface area contributed by atoms with Gasteiger partial charge >= 0.3 is 0 Å². The van der Waals surface area contributed by atoms with Gasteiger partial charge in [-0.3, -0.25) is 19.7 Å². The number of aromatic amines is 1. The summed E-state index contributed by atoms with van der Waals surface area (Å²) in [6.45, 7) is 0. The maximum absolute atomic E-state index is 12.1. The van der Waals surface area contributed by atoms with E-state index >= 15 is 0 Å². The second-order valence-electron chi connectivity index (χ2n) is 3.59. The minimum Gasteiger partial charge on any atom is -0.365 e. The molecule has 0 fully saturated rings. The zero-order valence-corrected chi connectivity index (χ0v) is 9.49. The van der Waals surface area contributed by atoms with Gasteiger partial charge in [0.25, 0.3) is 11.6 Å². The number of hydrogen-bond acceptors (Lipinski definition) is 5. The SMILES string of the molecule is NC(=O)c1cccc(C(=O)c2ncc[nH]2)c1[N+](=O)[O-]. The van der Waals surface area contributed by atoms with Crippen molar-refractivity contribution in [1.29, 1.82) is 0 Å². The lowest BCUT2D eigenvalue weighted by molar-refractivity contribution is -0.385. The first kappa shape index (κ1) is 12.4. The number of imidazole rings is 1. The Labute approximate surface area is 106 Å². The summed E-state index contributed by atoms with van der Waals surface area (Å²) < 4.78 is 0. The van der Waals surface area contributed by atoms with Gasteiger partial charge in [0.15, 0.2) is 5.82 Å². The van der Waals surface area contributed by atoms with Crippen LogP contribution in [0.1, 0.15) is 26.5 Å². The fourth-order valence-electron chi connectivity index (χ4n) is 1.64. The molecule has 1 aromatic heterocycles. The summed E-state index contributed by atoms with van der Waals surface area (Å²) in [5.74, 6) is -1.70. The summed E-state index contributed by atoms with van der Waals surface area (Å²) >= 11 is 0. The highest BCUT2D eigenvalue weighted by Crippen LogP contribution is 2.25. The van der Waals surface area contributed by atoms with Gasteiger partial charge in [-0.1, -0.05) is 6.07 Å². The number of H-pyrrole nitrogens is 1. The highest BCUT2D eigenvalue weighted by Gasteiger charge is 2.28. The number of nitro benzene ring substituents is 1. The molecule has 1 amide bonds. The molecule has 0 aliphatic carbocycles. The first-order chi connectivity index (χ1) is 9.02. The first-order valence-electron chi connectivity index (χ1n) is 5.13. The van der Waals surface area contributed by atoms with Crippen LogP contribution in [0.5, 0.6) is 0 Å². The van der Waals surface area contributed by atoms with Crippen molar-refractivity contribution < 1.29 is 14.5 Å². The van der Waals surface area contributed by atoms with Crippen molar-refractivity contribution in [2.45, 2.75) is 0 Å². The van der Waals surface area contributed by atoms with Crippen molar-refractivity contribution in [2.75, 3.05) is 0 Å². The number of nitrogens with two attached hydrogens (primary N) is 1. The molecule has 0 bridgehead atoms. The first-order valence-corrected chi connectivity index (χ1v) is 5.13. The molecule has 8 heteroatoms. The van der Waals surface area contributed by atoms with E-state index in [1.165, 1.54) is 30.6 Å². The zero-order valence-electron chi connectivity index (χ0n) is 9.49. The fourth-order valence-corrected chi connectivity index (χ4v) is 1.64. The molecular formula is C11H8N4O4. The Morgan fingerprint density at radius 2 is 2.00 bits per heavy atom. The largest absolute Gasteiger partial charge is 0.365 e. The van der Waals surface area contributed by atoms with Gasteiger partial charge in [0, 0.05) is 12.4 Å². The van der Waals surface area contributed by atoms with Crippen LogP contribution in [0.3, 0.4) is 0 Å². The second kappa shape index (κ2) is 4.69. The van der Waals surface area contributed by atoms with E-state index in [1.807, 2.05) is 0 Å². The quantitative estimate of drug-likeness (QED) is 0.473. The fraction of sp³-hybridized carbons (Fsp3) is 0. The lowest BCUT2D eigenvalue weighted by Crippen LogP contribution is -2.16. The topological polar surface area (TPSA) is 132 Å². The van der Waals surface area contributed by atoms with Crippen molar-refractivity contribution in [3.05, 3.63) is 57.7 Å². The molecule has 19 heavy (non-hydrogen) atoms. The lowest BCUT2D eigenvalue weighted by atomic mass is 10.0. The van der Waals surface area contributed by atoms with Gasteiger partial charge in [0.05, 0.1) is 4.92 Å². The average Bonchev–Trinajstić information content (AvgIpc) is 2.90. The van der Waals surface area contributed by atoms with E-state index in [2.05, 4.69) is 9.97 Å². The van der Waals surface area contributed by atoms with E-state index in [0.29, 0.717) is 0 Å².